The van der Waals surface area contributed by atoms with Gasteiger partial charge >= 0.3 is 0 Å². The molecule has 0 spiro atoms. The summed E-state index contributed by atoms with van der Waals surface area (Å²) in [5, 5.41) is 3.83. The summed E-state index contributed by atoms with van der Waals surface area (Å²) < 4.78 is 0. The van der Waals surface area contributed by atoms with E-state index in [9.17, 15) is 4.79 Å². The monoisotopic (exact) mass is 377 g/mol. The molecule has 3 heteroatoms. The minimum atomic E-state index is -0.00202. The van der Waals surface area contributed by atoms with E-state index in [1.807, 2.05) is 66.7 Å². The first-order valence-electron chi connectivity index (χ1n) is 9.37. The lowest BCUT2D eigenvalue weighted by molar-refractivity contribution is 0.0952. The Morgan fingerprint density at radius 3 is 2.19 bits per heavy atom. The molecule has 0 unspecified atom stereocenters. The highest BCUT2D eigenvalue weighted by Gasteiger charge is 2.10. The molecule has 0 aliphatic heterocycles. The molecule has 1 N–H and O–H groups in total. The molecule has 2 nitrogen and oxygen atoms in total. The first-order valence-corrected chi connectivity index (χ1v) is 9.75. The highest BCUT2D eigenvalue weighted by molar-refractivity contribution is 6.31. The van der Waals surface area contributed by atoms with E-state index < -0.39 is 0 Å². The van der Waals surface area contributed by atoms with Crippen LogP contribution in [0.15, 0.2) is 78.9 Å². The minimum absolute atomic E-state index is 0.00202. The molecule has 138 valence electrons. The summed E-state index contributed by atoms with van der Waals surface area (Å²) in [7, 11) is 0. The second-order valence-corrected chi connectivity index (χ2v) is 7.00. The average Bonchev–Trinajstić information content (AvgIpc) is 2.71. The Morgan fingerprint density at radius 2 is 1.41 bits per heavy atom. The molecule has 3 aromatic rings. The Morgan fingerprint density at radius 1 is 0.741 bits per heavy atom. The van der Waals surface area contributed by atoms with E-state index in [0.29, 0.717) is 6.54 Å². The van der Waals surface area contributed by atoms with Crippen LogP contribution in [0.2, 0.25) is 5.02 Å². The van der Waals surface area contributed by atoms with Gasteiger partial charge in [-0.25, -0.2) is 0 Å². The number of hydrogen-bond acceptors (Lipinski definition) is 1. The lowest BCUT2D eigenvalue weighted by Gasteiger charge is -2.11. The molecular formula is C24H24ClNO. The van der Waals surface area contributed by atoms with Crippen LogP contribution in [0.25, 0.3) is 0 Å². The number of halogens is 1. The number of hydrogen-bond donors (Lipinski definition) is 1. The van der Waals surface area contributed by atoms with E-state index in [2.05, 4.69) is 17.4 Å². The van der Waals surface area contributed by atoms with Crippen molar-refractivity contribution in [1.82, 2.24) is 5.32 Å². The fourth-order valence-electron chi connectivity index (χ4n) is 3.16. The third-order valence-corrected chi connectivity index (χ3v) is 5.02. The molecule has 0 aromatic heterocycles. The molecule has 0 saturated carbocycles. The van der Waals surface area contributed by atoms with Gasteiger partial charge in [0.2, 0.25) is 0 Å². The third kappa shape index (κ3) is 5.70. The van der Waals surface area contributed by atoms with Crippen molar-refractivity contribution in [2.75, 3.05) is 6.54 Å². The topological polar surface area (TPSA) is 29.1 Å². The standard InChI is InChI=1S/C24H24ClNO/c25-23-15-7-5-12-21(23)13-8-18-26-24(27)22-14-6-4-11-20(22)17-16-19-9-2-1-3-10-19/h1-7,9-12,14-15H,8,13,16-18H2,(H,26,27). The van der Waals surface area contributed by atoms with E-state index >= 15 is 0 Å². The quantitative estimate of drug-likeness (QED) is 0.517. The van der Waals surface area contributed by atoms with Crippen LogP contribution in [-0.2, 0) is 19.3 Å². The van der Waals surface area contributed by atoms with Crippen LogP contribution in [0, 0.1) is 0 Å². The molecule has 0 fully saturated rings. The fraction of sp³-hybridized carbons (Fsp3) is 0.208. The maximum atomic E-state index is 12.6. The fourth-order valence-corrected chi connectivity index (χ4v) is 3.39. The van der Waals surface area contributed by atoms with Crippen LogP contribution in [0.4, 0.5) is 0 Å². The van der Waals surface area contributed by atoms with E-state index in [4.69, 9.17) is 11.6 Å². The minimum Gasteiger partial charge on any atom is -0.352 e. The number of benzene rings is 3. The molecule has 0 radical (unpaired) electrons. The molecule has 0 aliphatic carbocycles. The van der Waals surface area contributed by atoms with Gasteiger partial charge in [0.25, 0.3) is 5.91 Å². The van der Waals surface area contributed by atoms with Gasteiger partial charge in [-0.1, -0.05) is 78.3 Å². The largest absolute Gasteiger partial charge is 0.352 e. The van der Waals surface area contributed by atoms with E-state index in [0.717, 1.165) is 47.4 Å². The van der Waals surface area contributed by atoms with Crippen molar-refractivity contribution >= 4 is 17.5 Å². The molecule has 0 aliphatic rings. The number of amides is 1. The zero-order valence-electron chi connectivity index (χ0n) is 15.3. The Balaban J connectivity index is 1.53. The Labute approximate surface area is 166 Å². The number of aryl methyl sites for hydroxylation is 3. The smallest absolute Gasteiger partial charge is 0.251 e. The second-order valence-electron chi connectivity index (χ2n) is 6.59. The summed E-state index contributed by atoms with van der Waals surface area (Å²) >= 11 is 6.18. The summed E-state index contributed by atoms with van der Waals surface area (Å²) in [5.74, 6) is -0.00202. The van der Waals surface area contributed by atoms with Crippen molar-refractivity contribution in [1.29, 1.82) is 0 Å². The Hall–Kier alpha value is -2.58. The molecule has 27 heavy (non-hydrogen) atoms. The normalized spacial score (nSPS) is 10.6. The average molecular weight is 378 g/mol. The van der Waals surface area contributed by atoms with Crippen molar-refractivity contribution in [3.05, 3.63) is 106 Å². The lowest BCUT2D eigenvalue weighted by atomic mass is 9.99. The highest BCUT2D eigenvalue weighted by atomic mass is 35.5. The number of carbonyl (C=O) groups excluding carboxylic acids is 1. The first-order chi connectivity index (χ1) is 13.2. The molecule has 0 atom stereocenters. The van der Waals surface area contributed by atoms with Gasteiger partial charge in [0, 0.05) is 17.1 Å². The summed E-state index contributed by atoms with van der Waals surface area (Å²) in [6.07, 6.45) is 3.50. The first kappa shape index (κ1) is 19.2. The van der Waals surface area contributed by atoms with Crippen LogP contribution < -0.4 is 5.32 Å². The van der Waals surface area contributed by atoms with Gasteiger partial charge in [0.1, 0.15) is 0 Å². The van der Waals surface area contributed by atoms with Gasteiger partial charge in [-0.2, -0.15) is 0 Å². The molecule has 3 aromatic carbocycles. The van der Waals surface area contributed by atoms with Gasteiger partial charge in [-0.15, -0.1) is 0 Å². The van der Waals surface area contributed by atoms with Crippen LogP contribution >= 0.6 is 11.6 Å². The summed E-state index contributed by atoms with van der Waals surface area (Å²) in [4.78, 5) is 12.6. The maximum absolute atomic E-state index is 12.6. The van der Waals surface area contributed by atoms with Crippen LogP contribution in [0.3, 0.4) is 0 Å². The highest BCUT2D eigenvalue weighted by Crippen LogP contribution is 2.16. The summed E-state index contributed by atoms with van der Waals surface area (Å²) in [5.41, 5.74) is 4.26. The molecule has 1 amide bonds. The SMILES string of the molecule is O=C(NCCCc1ccccc1Cl)c1ccccc1CCc1ccccc1. The number of carbonyl (C=O) groups is 1. The molecular weight excluding hydrogens is 354 g/mol. The van der Waals surface area contributed by atoms with Gasteiger partial charge in [0.05, 0.1) is 0 Å². The molecule has 0 bridgehead atoms. The lowest BCUT2D eigenvalue weighted by Crippen LogP contribution is -2.26. The van der Waals surface area contributed by atoms with Gasteiger partial charge in [-0.3, -0.25) is 4.79 Å². The second kappa shape index (κ2) is 9.94. The zero-order valence-corrected chi connectivity index (χ0v) is 16.1. The summed E-state index contributed by atoms with van der Waals surface area (Å²) in [6, 6.07) is 26.1. The molecule has 3 rings (SSSR count). The maximum Gasteiger partial charge on any atom is 0.251 e. The van der Waals surface area contributed by atoms with Crippen molar-refractivity contribution in [2.24, 2.45) is 0 Å². The van der Waals surface area contributed by atoms with Gasteiger partial charge in [-0.05, 0) is 54.5 Å². The predicted octanol–water partition coefficient (Wildman–Crippen LogP) is 5.49. The van der Waals surface area contributed by atoms with Gasteiger partial charge < -0.3 is 5.32 Å². The van der Waals surface area contributed by atoms with Crippen LogP contribution in [0.5, 0.6) is 0 Å². The van der Waals surface area contributed by atoms with E-state index in [1.165, 1.54) is 5.56 Å². The van der Waals surface area contributed by atoms with E-state index in [1.54, 1.807) is 0 Å². The summed E-state index contributed by atoms with van der Waals surface area (Å²) in [6.45, 7) is 0.636. The molecule has 0 saturated heterocycles. The van der Waals surface area contributed by atoms with Crippen molar-refractivity contribution in [3.63, 3.8) is 0 Å². The van der Waals surface area contributed by atoms with Gasteiger partial charge in [0.15, 0.2) is 0 Å². The van der Waals surface area contributed by atoms with Crippen molar-refractivity contribution in [2.45, 2.75) is 25.7 Å². The Kier molecular flexibility index (Phi) is 7.06. The number of nitrogens with one attached hydrogen (secondary N) is 1. The van der Waals surface area contributed by atoms with Crippen molar-refractivity contribution in [3.8, 4) is 0 Å². The van der Waals surface area contributed by atoms with E-state index in [-0.39, 0.29) is 5.91 Å². The van der Waals surface area contributed by atoms with Crippen molar-refractivity contribution < 1.29 is 4.79 Å². The molecule has 0 heterocycles. The predicted molar refractivity (Wildman–Crippen MR) is 112 cm³/mol. The number of rotatable bonds is 8. The Bertz CT molecular complexity index is 876. The third-order valence-electron chi connectivity index (χ3n) is 4.65. The van der Waals surface area contributed by atoms with Crippen LogP contribution in [0.1, 0.15) is 33.5 Å². The zero-order chi connectivity index (χ0) is 18.9. The van der Waals surface area contributed by atoms with Crippen LogP contribution in [-0.4, -0.2) is 12.5 Å².